The van der Waals surface area contributed by atoms with E-state index in [0.29, 0.717) is 52.4 Å². The van der Waals surface area contributed by atoms with Crippen molar-refractivity contribution >= 4 is 141 Å². The average Bonchev–Trinajstić information content (AvgIpc) is 1.61. The Kier molecular flexibility index (Phi) is 20.7. The average molecular weight is 1890 g/mol. The van der Waals surface area contributed by atoms with Gasteiger partial charge < -0.3 is 13.7 Å². The quantitative estimate of drug-likeness (QED) is 0.117. The molecule has 23 aromatic carbocycles. The highest BCUT2D eigenvalue weighted by Crippen LogP contribution is 2.51. The predicted octanol–water partition coefficient (Wildman–Crippen LogP) is 34.3. The van der Waals surface area contributed by atoms with Gasteiger partial charge in [0.25, 0.3) is 0 Å². The maximum atomic E-state index is 5.27. The molecule has 6 heterocycles. The topological polar surface area (TPSA) is 131 Å². The third kappa shape index (κ3) is 14.8. The van der Waals surface area contributed by atoms with E-state index >= 15 is 0 Å². The van der Waals surface area contributed by atoms with Crippen molar-refractivity contribution < 1.29 is 0 Å². The molecule has 0 fully saturated rings. The Morgan fingerprint density at radius 1 is 0.142 bits per heavy atom. The first-order chi connectivity index (χ1) is 73.1. The highest BCUT2D eigenvalue weighted by molar-refractivity contribution is 6.19. The van der Waals surface area contributed by atoms with E-state index in [2.05, 4.69) is 428 Å². The van der Waals surface area contributed by atoms with Gasteiger partial charge in [-0.3, -0.25) is 0 Å². The Morgan fingerprint density at radius 2 is 0.405 bits per heavy atom. The number of aromatic nitrogens is 12. The van der Waals surface area contributed by atoms with E-state index in [1.807, 2.05) is 97.1 Å². The predicted molar refractivity (Wildman–Crippen MR) is 612 cm³/mol. The van der Waals surface area contributed by atoms with Crippen molar-refractivity contribution in [3.05, 3.63) is 509 Å². The van der Waals surface area contributed by atoms with Crippen LogP contribution in [0, 0.1) is 0 Å². The summed E-state index contributed by atoms with van der Waals surface area (Å²) in [5, 5.41) is 23.8. The number of para-hydroxylation sites is 3. The molecule has 0 N–H and O–H groups in total. The van der Waals surface area contributed by atoms with E-state index in [1.54, 1.807) is 0 Å². The van der Waals surface area contributed by atoms with Crippen molar-refractivity contribution in [1.82, 2.24) is 58.6 Å². The standard InChI is InChI=1S/C50H34N4.C45H28N4.C41H26N4/c1-50(2)42-23-10-8-18-36(42)37-27-26-34(29-43(37)50)48-51-47(31-14-4-3-5-15-31)52-49(53-48)40-22-12-21-38-35(40)20-13-25-45(38)54-44-24-11-9-19-39(44)41-28-32-16-6-7-17-33(32)30-46(41)54;1-2-14-30(15-3-1)43-46-44(37-23-10-18-29-13-6-7-19-33(29)37)48-45(47-43)38-24-11-22-35-34(38)21-12-26-41(35)49-40-25-9-8-20-36(40)39-27-31-16-4-5-17-32(31)28-42(39)49;1-3-12-28(13-4-1)39-42-40(29-14-5-2-6-15-29)44-41(43-39)32-23-22-27-18-11-21-37(34(27)25-32)45-36-20-10-9-19-33(36)35-24-30-16-7-8-17-31(30)26-38(35)45/h3-30H,1-2H3;1-28H;1-26H. The molecule has 1 aliphatic carbocycles. The zero-order valence-electron chi connectivity index (χ0n) is 80.7. The third-order valence-corrected chi connectivity index (χ3v) is 29.6. The van der Waals surface area contributed by atoms with Crippen LogP contribution in [0.1, 0.15) is 25.0 Å². The summed E-state index contributed by atoms with van der Waals surface area (Å²) in [6.45, 7) is 4.62. The molecule has 6 aromatic heterocycles. The lowest BCUT2D eigenvalue weighted by Crippen LogP contribution is -2.15. The van der Waals surface area contributed by atoms with Crippen LogP contribution in [0.25, 0.3) is 272 Å². The SMILES string of the molecule is CC1(C)c2ccccc2-c2ccc(-c3nc(-c4ccccc4)nc(-c4cccc5c(-n6c7ccccc7c7cc8ccccc8cc76)cccc45)n3)cc21.c1ccc(-c2nc(-c3cccc4ccccc34)nc(-c3cccc4c(-n5c6ccccc6c6cc7ccccc7cc65)cccc34)n2)cc1.c1ccc(-c2nc(-c3ccccc3)nc(-c3ccc4cccc(-n5c6ccccc6c6cc7ccccc7cc65)c4c3)n2)cc1. The molecule has 29 aromatic rings. The largest absolute Gasteiger partial charge is 0.309 e. The molecule has 1 aliphatic rings. The van der Waals surface area contributed by atoms with Crippen LogP contribution < -0.4 is 0 Å². The number of fused-ring (bicyclic) bond motifs is 19. The molecule has 0 aliphatic heterocycles. The molecule has 148 heavy (non-hydrogen) atoms. The maximum Gasteiger partial charge on any atom is 0.164 e. The minimum atomic E-state index is -0.134. The van der Waals surface area contributed by atoms with Gasteiger partial charge in [0.2, 0.25) is 0 Å². The normalized spacial score (nSPS) is 12.2. The molecule has 0 saturated carbocycles. The summed E-state index contributed by atoms with van der Waals surface area (Å²) in [5.41, 5.74) is 24.2. The highest BCUT2D eigenvalue weighted by atomic mass is 15.1. The first-order valence-corrected chi connectivity index (χ1v) is 50.2. The van der Waals surface area contributed by atoms with Gasteiger partial charge in [0, 0.05) is 104 Å². The van der Waals surface area contributed by atoms with Gasteiger partial charge in [0.15, 0.2) is 52.4 Å². The molecule has 692 valence electrons. The number of rotatable bonds is 12. The molecular weight excluding hydrogens is 1800 g/mol. The second-order valence-electron chi connectivity index (χ2n) is 38.6. The van der Waals surface area contributed by atoms with Crippen LogP contribution in [0.15, 0.2) is 497 Å². The first-order valence-electron chi connectivity index (χ1n) is 50.2. The molecular formula is C136H88N12. The second kappa shape index (κ2) is 35.5. The van der Waals surface area contributed by atoms with Gasteiger partial charge in [0.1, 0.15) is 0 Å². The Bertz CT molecular complexity index is 10400. The van der Waals surface area contributed by atoms with E-state index < -0.39 is 0 Å². The molecule has 0 amide bonds. The van der Waals surface area contributed by atoms with Gasteiger partial charge in [-0.2, -0.15) is 0 Å². The van der Waals surface area contributed by atoms with Crippen molar-refractivity contribution in [2.75, 3.05) is 0 Å². The fourth-order valence-electron chi connectivity index (χ4n) is 22.6. The highest BCUT2D eigenvalue weighted by Gasteiger charge is 2.36. The van der Waals surface area contributed by atoms with Crippen LogP contribution in [-0.2, 0) is 5.41 Å². The zero-order valence-corrected chi connectivity index (χ0v) is 80.7. The molecule has 0 spiro atoms. The first kappa shape index (κ1) is 86.2. The van der Waals surface area contributed by atoms with Crippen molar-refractivity contribution in [2.45, 2.75) is 19.3 Å². The number of nitrogens with zero attached hydrogens (tertiary/aromatic N) is 12. The monoisotopic (exact) mass is 1890 g/mol. The number of hydrogen-bond acceptors (Lipinski definition) is 9. The Morgan fingerprint density at radius 3 is 0.831 bits per heavy atom. The van der Waals surface area contributed by atoms with Gasteiger partial charge in [-0.25, -0.2) is 44.9 Å². The van der Waals surface area contributed by atoms with E-state index in [-0.39, 0.29) is 5.41 Å². The van der Waals surface area contributed by atoms with E-state index in [9.17, 15) is 0 Å². The van der Waals surface area contributed by atoms with Gasteiger partial charge in [-0.05, 0) is 166 Å². The van der Waals surface area contributed by atoms with E-state index in [1.165, 1.54) is 120 Å². The van der Waals surface area contributed by atoms with Crippen molar-refractivity contribution in [1.29, 1.82) is 0 Å². The number of benzene rings is 23. The Hall–Kier alpha value is -19.7. The van der Waals surface area contributed by atoms with Gasteiger partial charge >= 0.3 is 0 Å². The fourth-order valence-corrected chi connectivity index (χ4v) is 22.6. The molecule has 0 atom stereocenters. The van der Waals surface area contributed by atoms with Crippen LogP contribution in [0.2, 0.25) is 0 Å². The van der Waals surface area contributed by atoms with E-state index in [4.69, 9.17) is 44.9 Å². The lowest BCUT2D eigenvalue weighted by molar-refractivity contribution is 0.660. The van der Waals surface area contributed by atoms with Gasteiger partial charge in [-0.1, -0.05) is 426 Å². The zero-order chi connectivity index (χ0) is 98.0. The summed E-state index contributed by atoms with van der Waals surface area (Å²) < 4.78 is 7.23. The van der Waals surface area contributed by atoms with Crippen LogP contribution in [0.5, 0.6) is 0 Å². The molecule has 0 saturated heterocycles. The molecule has 12 nitrogen and oxygen atoms in total. The third-order valence-electron chi connectivity index (χ3n) is 29.6. The Labute approximate surface area is 851 Å². The molecule has 0 radical (unpaired) electrons. The summed E-state index contributed by atoms with van der Waals surface area (Å²) in [6.07, 6.45) is 0. The Balaban J connectivity index is 0.000000107. The summed E-state index contributed by atoms with van der Waals surface area (Å²) in [4.78, 5) is 45.8. The second-order valence-corrected chi connectivity index (χ2v) is 38.6. The van der Waals surface area contributed by atoms with Gasteiger partial charge in [0.05, 0.1) is 50.2 Å². The van der Waals surface area contributed by atoms with E-state index in [0.717, 1.165) is 110 Å². The van der Waals surface area contributed by atoms with Crippen LogP contribution >= 0.6 is 0 Å². The minimum Gasteiger partial charge on any atom is -0.309 e. The van der Waals surface area contributed by atoms with Gasteiger partial charge in [-0.15, -0.1) is 0 Å². The summed E-state index contributed by atoms with van der Waals surface area (Å²) in [5.74, 6) is 5.87. The van der Waals surface area contributed by atoms with Crippen molar-refractivity contribution in [3.63, 3.8) is 0 Å². The lowest BCUT2D eigenvalue weighted by atomic mass is 9.82. The smallest absolute Gasteiger partial charge is 0.164 e. The van der Waals surface area contributed by atoms with Crippen molar-refractivity contribution in [2.24, 2.45) is 0 Å². The maximum absolute atomic E-state index is 5.27. The lowest BCUT2D eigenvalue weighted by Gasteiger charge is -2.21. The molecule has 12 heteroatoms. The summed E-state index contributed by atoms with van der Waals surface area (Å²) in [7, 11) is 0. The summed E-state index contributed by atoms with van der Waals surface area (Å²) in [6, 6.07) is 176. The molecule has 30 rings (SSSR count). The minimum absolute atomic E-state index is 0.134. The fraction of sp³-hybridized carbons (Fsp3) is 0.0221. The summed E-state index contributed by atoms with van der Waals surface area (Å²) >= 11 is 0. The van der Waals surface area contributed by atoms with Crippen LogP contribution in [0.3, 0.4) is 0 Å². The van der Waals surface area contributed by atoms with Crippen LogP contribution in [-0.4, -0.2) is 58.6 Å². The molecule has 0 bridgehead atoms. The number of hydrogen-bond donors (Lipinski definition) is 0. The van der Waals surface area contributed by atoms with Crippen LogP contribution in [0.4, 0.5) is 0 Å². The van der Waals surface area contributed by atoms with Crippen molar-refractivity contribution in [3.8, 4) is 131 Å². The molecule has 0 unspecified atom stereocenters.